The number of aromatic nitrogens is 1. The van der Waals surface area contributed by atoms with Crippen molar-refractivity contribution in [1.29, 1.82) is 0 Å². The van der Waals surface area contributed by atoms with Crippen LogP contribution in [0.25, 0.3) is 0 Å². The summed E-state index contributed by atoms with van der Waals surface area (Å²) in [5, 5.41) is 0. The minimum absolute atomic E-state index is 0.228. The van der Waals surface area contributed by atoms with E-state index in [-0.39, 0.29) is 5.97 Å². The highest BCUT2D eigenvalue weighted by atomic mass is 16.5. The Kier molecular flexibility index (Phi) is 3.96. The maximum Gasteiger partial charge on any atom is 0.312 e. The molecule has 1 radical (unpaired) electrons. The quantitative estimate of drug-likeness (QED) is 0.662. The van der Waals surface area contributed by atoms with Gasteiger partial charge in [0.15, 0.2) is 0 Å². The highest BCUT2D eigenvalue weighted by molar-refractivity contribution is 5.71. The summed E-state index contributed by atoms with van der Waals surface area (Å²) in [5.41, 5.74) is 0. The Bertz CT molecular complexity index is 259. The van der Waals surface area contributed by atoms with E-state index in [0.717, 1.165) is 12.8 Å². The molecule has 0 amide bonds. The van der Waals surface area contributed by atoms with Gasteiger partial charge in [-0.15, -0.1) is 0 Å². The first-order valence-corrected chi connectivity index (χ1v) is 4.36. The first-order chi connectivity index (χ1) is 6.33. The number of pyridine rings is 1. The second kappa shape index (κ2) is 5.30. The largest absolute Gasteiger partial charge is 0.407 e. The van der Waals surface area contributed by atoms with Crippen molar-refractivity contribution in [2.75, 3.05) is 0 Å². The van der Waals surface area contributed by atoms with Crippen molar-refractivity contribution in [3.63, 3.8) is 0 Å². The van der Waals surface area contributed by atoms with Crippen molar-refractivity contribution in [2.45, 2.75) is 26.2 Å². The van der Waals surface area contributed by atoms with Gasteiger partial charge in [-0.3, -0.25) is 4.79 Å². The summed E-state index contributed by atoms with van der Waals surface area (Å²) in [6.45, 7) is 2.03. The molecule has 0 aliphatic heterocycles. The fraction of sp³-hybridized carbons (Fsp3) is 0.400. The molecule has 0 unspecified atom stereocenters. The van der Waals surface area contributed by atoms with Crippen LogP contribution in [0.5, 0.6) is 5.88 Å². The molecule has 1 rings (SSSR count). The molecule has 0 fully saturated rings. The minimum atomic E-state index is -0.228. The first kappa shape index (κ1) is 9.71. The van der Waals surface area contributed by atoms with Crippen LogP contribution in [0.1, 0.15) is 26.2 Å². The van der Waals surface area contributed by atoms with Crippen LogP contribution >= 0.6 is 0 Å². The Hall–Kier alpha value is -1.38. The van der Waals surface area contributed by atoms with E-state index in [1.165, 1.54) is 0 Å². The topological polar surface area (TPSA) is 39.2 Å². The molecule has 0 spiro atoms. The van der Waals surface area contributed by atoms with Gasteiger partial charge in [-0.25, -0.2) is 4.98 Å². The number of hydrogen-bond donors (Lipinski definition) is 0. The fourth-order valence-electron chi connectivity index (χ4n) is 0.857. The van der Waals surface area contributed by atoms with E-state index in [2.05, 4.69) is 11.2 Å². The molecule has 0 aliphatic rings. The van der Waals surface area contributed by atoms with Crippen LogP contribution in [0.15, 0.2) is 18.2 Å². The average molecular weight is 178 g/mol. The zero-order valence-electron chi connectivity index (χ0n) is 7.62. The van der Waals surface area contributed by atoms with E-state index in [1.54, 1.807) is 18.2 Å². The van der Waals surface area contributed by atoms with Gasteiger partial charge in [-0.2, -0.15) is 0 Å². The van der Waals surface area contributed by atoms with E-state index in [1.807, 2.05) is 6.92 Å². The van der Waals surface area contributed by atoms with Crippen molar-refractivity contribution >= 4 is 5.97 Å². The lowest BCUT2D eigenvalue weighted by Gasteiger charge is -2.00. The fourth-order valence-corrected chi connectivity index (χ4v) is 0.857. The maximum absolute atomic E-state index is 11.1. The molecular formula is C10H12NO2. The Morgan fingerprint density at radius 1 is 1.69 bits per heavy atom. The second-order valence-electron chi connectivity index (χ2n) is 2.68. The Labute approximate surface area is 77.8 Å². The molecular weight excluding hydrogens is 166 g/mol. The number of esters is 1. The predicted molar refractivity (Wildman–Crippen MR) is 48.2 cm³/mol. The highest BCUT2D eigenvalue weighted by Crippen LogP contribution is 2.05. The molecule has 1 aromatic heterocycles. The predicted octanol–water partition coefficient (Wildman–Crippen LogP) is 1.98. The summed E-state index contributed by atoms with van der Waals surface area (Å²) < 4.78 is 4.94. The number of ether oxygens (including phenoxy) is 1. The molecule has 3 heteroatoms. The molecule has 13 heavy (non-hydrogen) atoms. The third-order valence-electron chi connectivity index (χ3n) is 1.54. The van der Waals surface area contributed by atoms with Gasteiger partial charge in [0.1, 0.15) is 0 Å². The van der Waals surface area contributed by atoms with Crippen molar-refractivity contribution in [3.05, 3.63) is 24.4 Å². The van der Waals surface area contributed by atoms with Crippen LogP contribution in [0.3, 0.4) is 0 Å². The summed E-state index contributed by atoms with van der Waals surface area (Å²) >= 11 is 0. The third kappa shape index (κ3) is 3.69. The van der Waals surface area contributed by atoms with Crippen molar-refractivity contribution in [1.82, 2.24) is 4.98 Å². The Morgan fingerprint density at radius 2 is 2.54 bits per heavy atom. The van der Waals surface area contributed by atoms with E-state index in [4.69, 9.17) is 4.74 Å². The molecule has 0 atom stereocenters. The van der Waals surface area contributed by atoms with Crippen LogP contribution in [0, 0.1) is 6.20 Å². The van der Waals surface area contributed by atoms with E-state index < -0.39 is 0 Å². The third-order valence-corrected chi connectivity index (χ3v) is 1.54. The molecule has 69 valence electrons. The molecule has 0 saturated heterocycles. The lowest BCUT2D eigenvalue weighted by Crippen LogP contribution is -2.08. The Morgan fingerprint density at radius 3 is 3.15 bits per heavy atom. The standard InChI is InChI=1S/C10H12NO2/c1-2-3-7-10(12)13-9-6-4-5-8-11-9/h4-6H,2-3,7H2,1H3. The van der Waals surface area contributed by atoms with Gasteiger partial charge in [0, 0.05) is 12.5 Å². The second-order valence-corrected chi connectivity index (χ2v) is 2.68. The molecule has 0 bridgehead atoms. The van der Waals surface area contributed by atoms with Crippen molar-refractivity contribution in [3.8, 4) is 5.88 Å². The van der Waals surface area contributed by atoms with Crippen LogP contribution in [-0.4, -0.2) is 11.0 Å². The van der Waals surface area contributed by atoms with E-state index in [0.29, 0.717) is 12.3 Å². The smallest absolute Gasteiger partial charge is 0.312 e. The summed E-state index contributed by atoms with van der Waals surface area (Å²) in [5.74, 6) is 0.0950. The summed E-state index contributed by atoms with van der Waals surface area (Å²) in [6.07, 6.45) is 4.89. The lowest BCUT2D eigenvalue weighted by molar-refractivity contribution is -0.134. The molecule has 0 aromatic carbocycles. The Balaban J connectivity index is 2.37. The number of hydrogen-bond acceptors (Lipinski definition) is 3. The van der Waals surface area contributed by atoms with Gasteiger partial charge in [0.25, 0.3) is 0 Å². The van der Waals surface area contributed by atoms with Crippen LogP contribution in [0.2, 0.25) is 0 Å². The minimum Gasteiger partial charge on any atom is -0.407 e. The first-order valence-electron chi connectivity index (χ1n) is 4.36. The zero-order chi connectivity index (χ0) is 9.52. The molecule has 0 aliphatic carbocycles. The number of carbonyl (C=O) groups is 1. The number of nitrogens with zero attached hydrogens (tertiary/aromatic N) is 1. The van der Waals surface area contributed by atoms with Crippen molar-refractivity contribution < 1.29 is 9.53 Å². The van der Waals surface area contributed by atoms with Crippen LogP contribution < -0.4 is 4.74 Å². The summed E-state index contributed by atoms with van der Waals surface area (Å²) in [4.78, 5) is 14.9. The maximum atomic E-state index is 11.1. The van der Waals surface area contributed by atoms with Gasteiger partial charge >= 0.3 is 5.97 Å². The van der Waals surface area contributed by atoms with Gasteiger partial charge in [0.2, 0.25) is 5.88 Å². The van der Waals surface area contributed by atoms with Gasteiger partial charge in [-0.05, 0) is 12.5 Å². The lowest BCUT2D eigenvalue weighted by atomic mass is 10.2. The number of unbranched alkanes of at least 4 members (excludes halogenated alkanes) is 1. The molecule has 3 nitrogen and oxygen atoms in total. The van der Waals surface area contributed by atoms with E-state index >= 15 is 0 Å². The van der Waals surface area contributed by atoms with Crippen LogP contribution in [0.4, 0.5) is 0 Å². The van der Waals surface area contributed by atoms with Gasteiger partial charge in [-0.1, -0.05) is 19.4 Å². The SMILES string of the molecule is CCCCC(=O)Oc1ccc[c]n1. The molecule has 0 N–H and O–H groups in total. The zero-order valence-corrected chi connectivity index (χ0v) is 7.62. The average Bonchev–Trinajstić information content (AvgIpc) is 2.16. The van der Waals surface area contributed by atoms with Crippen LogP contribution in [-0.2, 0) is 4.79 Å². The monoisotopic (exact) mass is 178 g/mol. The number of rotatable bonds is 4. The van der Waals surface area contributed by atoms with Gasteiger partial charge < -0.3 is 4.74 Å². The summed E-state index contributed by atoms with van der Waals surface area (Å²) in [6, 6.07) is 5.03. The normalized spacial score (nSPS) is 9.62. The highest BCUT2D eigenvalue weighted by Gasteiger charge is 2.03. The molecule has 0 saturated carbocycles. The van der Waals surface area contributed by atoms with E-state index in [9.17, 15) is 4.79 Å². The van der Waals surface area contributed by atoms with Gasteiger partial charge in [0.05, 0.1) is 6.20 Å². The summed E-state index contributed by atoms with van der Waals surface area (Å²) in [7, 11) is 0. The van der Waals surface area contributed by atoms with Crippen molar-refractivity contribution in [2.24, 2.45) is 0 Å². The molecule has 1 heterocycles. The number of carbonyl (C=O) groups excluding carboxylic acids is 1. The molecule has 1 aromatic rings.